The molecule has 5 heterocycles. The minimum atomic E-state index is 0.109. The highest BCUT2D eigenvalue weighted by atomic mass is 16.2. The molecule has 190 valence electrons. The van der Waals surface area contributed by atoms with E-state index in [1.165, 1.54) is 28.6 Å². The van der Waals surface area contributed by atoms with Gasteiger partial charge in [-0.3, -0.25) is 24.3 Å². The number of hydrogen-bond acceptors (Lipinski definition) is 5. The van der Waals surface area contributed by atoms with Gasteiger partial charge >= 0.3 is 0 Å². The lowest BCUT2D eigenvalue weighted by molar-refractivity contribution is 0.0715. The third-order valence-corrected chi connectivity index (χ3v) is 7.75. The van der Waals surface area contributed by atoms with Crippen molar-refractivity contribution in [2.45, 2.75) is 58.2 Å². The second-order valence-corrected chi connectivity index (χ2v) is 10.3. The van der Waals surface area contributed by atoms with Gasteiger partial charge in [-0.15, -0.1) is 0 Å². The van der Waals surface area contributed by atoms with E-state index in [0.717, 1.165) is 82.5 Å². The summed E-state index contributed by atoms with van der Waals surface area (Å²) in [4.78, 5) is 26.9. The maximum Gasteiger partial charge on any atom is 0.274 e. The van der Waals surface area contributed by atoms with Crippen molar-refractivity contribution < 1.29 is 4.79 Å². The molecule has 0 bridgehead atoms. The molecule has 6 rings (SSSR count). The molecule has 0 spiro atoms. The van der Waals surface area contributed by atoms with E-state index in [4.69, 9.17) is 5.10 Å². The molecular weight excluding hydrogens is 460 g/mol. The number of carbonyl (C=O) groups is 1. The van der Waals surface area contributed by atoms with E-state index < -0.39 is 0 Å². The Morgan fingerprint density at radius 2 is 1.84 bits per heavy atom. The minimum Gasteiger partial charge on any atom is -0.337 e. The number of benzene rings is 1. The molecule has 1 amide bonds. The molecule has 7 nitrogen and oxygen atoms in total. The average Bonchev–Trinajstić information content (AvgIpc) is 3.31. The van der Waals surface area contributed by atoms with Crippen molar-refractivity contribution in [1.82, 2.24) is 29.5 Å². The zero-order valence-corrected chi connectivity index (χ0v) is 21.4. The highest BCUT2D eigenvalue weighted by molar-refractivity contribution is 5.94. The fraction of sp³-hybridized carbons (Fsp3) is 0.400. The fourth-order valence-corrected chi connectivity index (χ4v) is 5.80. The maximum atomic E-state index is 13.6. The zero-order chi connectivity index (χ0) is 25.0. The van der Waals surface area contributed by atoms with Crippen molar-refractivity contribution in [2.75, 3.05) is 19.6 Å². The normalized spacial score (nSPS) is 16.2. The Kier molecular flexibility index (Phi) is 6.95. The highest BCUT2D eigenvalue weighted by Crippen LogP contribution is 2.27. The first-order valence-corrected chi connectivity index (χ1v) is 13.6. The van der Waals surface area contributed by atoms with Crippen molar-refractivity contribution in [1.29, 1.82) is 0 Å². The van der Waals surface area contributed by atoms with E-state index >= 15 is 0 Å². The van der Waals surface area contributed by atoms with Gasteiger partial charge in [0.2, 0.25) is 0 Å². The van der Waals surface area contributed by atoms with E-state index in [-0.39, 0.29) is 5.91 Å². The number of likely N-dealkylation sites (tertiary alicyclic amines) is 1. The highest BCUT2D eigenvalue weighted by Gasteiger charge is 2.31. The number of rotatable bonds is 7. The number of fused-ring (bicyclic) bond motifs is 2. The lowest BCUT2D eigenvalue weighted by Gasteiger charge is -2.29. The van der Waals surface area contributed by atoms with Gasteiger partial charge < -0.3 is 4.90 Å². The van der Waals surface area contributed by atoms with Crippen LogP contribution in [-0.2, 0) is 32.5 Å². The van der Waals surface area contributed by atoms with E-state index in [0.29, 0.717) is 5.69 Å². The fourth-order valence-electron chi connectivity index (χ4n) is 5.80. The van der Waals surface area contributed by atoms with Gasteiger partial charge in [0.25, 0.3) is 5.91 Å². The number of aryl methyl sites for hydroxylation is 2. The van der Waals surface area contributed by atoms with Gasteiger partial charge in [-0.2, -0.15) is 5.10 Å². The molecule has 37 heavy (non-hydrogen) atoms. The molecule has 0 radical (unpaired) electrons. The van der Waals surface area contributed by atoms with Crippen LogP contribution in [0.15, 0.2) is 61.1 Å². The Morgan fingerprint density at radius 3 is 2.70 bits per heavy atom. The van der Waals surface area contributed by atoms with Crippen LogP contribution in [0, 0.1) is 0 Å². The molecule has 0 aliphatic carbocycles. The first-order valence-electron chi connectivity index (χ1n) is 13.6. The summed E-state index contributed by atoms with van der Waals surface area (Å²) in [6.07, 6.45) is 11.9. The second kappa shape index (κ2) is 10.8. The molecule has 7 heteroatoms. The molecule has 0 saturated carbocycles. The van der Waals surface area contributed by atoms with Crippen LogP contribution in [0.1, 0.15) is 58.6 Å². The average molecular weight is 495 g/mol. The molecule has 2 aliphatic heterocycles. The first-order chi connectivity index (χ1) is 18.3. The van der Waals surface area contributed by atoms with Crippen LogP contribution >= 0.6 is 0 Å². The largest absolute Gasteiger partial charge is 0.337 e. The predicted octanol–water partition coefficient (Wildman–Crippen LogP) is 4.64. The Morgan fingerprint density at radius 1 is 0.946 bits per heavy atom. The summed E-state index contributed by atoms with van der Waals surface area (Å²) in [5.41, 5.74) is 6.58. The molecule has 0 unspecified atom stereocenters. The van der Waals surface area contributed by atoms with Gasteiger partial charge in [-0.05, 0) is 61.4 Å². The zero-order valence-electron chi connectivity index (χ0n) is 21.4. The Bertz CT molecular complexity index is 1370. The standard InChI is InChI=1S/C30H34N6O/c37-30(35-16-4-1-5-17-35)29-26-22-34(21-24-12-15-32-27-11-3-2-10-25(24)27)19-13-28(26)36(33-29)18-7-9-23-8-6-14-31-20-23/h2-3,6,8,10-12,14-15,20H,1,4-5,7,9,13,16-19,21-22H2. The third kappa shape index (κ3) is 5.14. The summed E-state index contributed by atoms with van der Waals surface area (Å²) in [6.45, 7) is 5.05. The molecule has 1 fully saturated rings. The number of piperidine rings is 1. The van der Waals surface area contributed by atoms with Gasteiger partial charge in [0.1, 0.15) is 0 Å². The van der Waals surface area contributed by atoms with E-state index in [1.807, 2.05) is 35.6 Å². The van der Waals surface area contributed by atoms with Gasteiger partial charge in [0.15, 0.2) is 5.69 Å². The molecule has 1 aromatic carbocycles. The Labute approximate surface area is 218 Å². The SMILES string of the molecule is O=C(c1nn(CCCc2cccnc2)c2c1CN(Cc1ccnc3ccccc13)CC2)N1CCCCC1. The Hall–Kier alpha value is -3.58. The van der Waals surface area contributed by atoms with Crippen LogP contribution in [0.5, 0.6) is 0 Å². The lowest BCUT2D eigenvalue weighted by Crippen LogP contribution is -2.37. The second-order valence-electron chi connectivity index (χ2n) is 10.3. The predicted molar refractivity (Wildman–Crippen MR) is 144 cm³/mol. The van der Waals surface area contributed by atoms with Crippen LogP contribution < -0.4 is 0 Å². The van der Waals surface area contributed by atoms with Crippen molar-refractivity contribution in [3.63, 3.8) is 0 Å². The summed E-state index contributed by atoms with van der Waals surface area (Å²) in [5, 5.41) is 6.16. The number of aromatic nitrogens is 4. The smallest absolute Gasteiger partial charge is 0.274 e. The number of hydrogen-bond donors (Lipinski definition) is 0. The van der Waals surface area contributed by atoms with Crippen molar-refractivity contribution in [3.8, 4) is 0 Å². The first kappa shape index (κ1) is 23.8. The van der Waals surface area contributed by atoms with Gasteiger partial charge in [0, 0.05) is 80.9 Å². The molecular formula is C30H34N6O. The number of nitrogens with zero attached hydrogens (tertiary/aromatic N) is 6. The van der Waals surface area contributed by atoms with E-state index in [1.54, 1.807) is 0 Å². The van der Waals surface area contributed by atoms with Crippen molar-refractivity contribution in [3.05, 3.63) is 89.1 Å². The molecule has 4 aromatic rings. The van der Waals surface area contributed by atoms with Crippen LogP contribution in [0.25, 0.3) is 10.9 Å². The Balaban J connectivity index is 1.25. The van der Waals surface area contributed by atoms with Crippen LogP contribution in [0.2, 0.25) is 0 Å². The van der Waals surface area contributed by atoms with Gasteiger partial charge in [-0.25, -0.2) is 0 Å². The third-order valence-electron chi connectivity index (χ3n) is 7.75. The maximum absolute atomic E-state index is 13.6. The quantitative estimate of drug-likeness (QED) is 0.374. The lowest BCUT2D eigenvalue weighted by atomic mass is 10.0. The van der Waals surface area contributed by atoms with Gasteiger partial charge in [0.05, 0.1) is 5.52 Å². The van der Waals surface area contributed by atoms with Crippen molar-refractivity contribution >= 4 is 16.8 Å². The summed E-state index contributed by atoms with van der Waals surface area (Å²) >= 11 is 0. The number of para-hydroxylation sites is 1. The summed E-state index contributed by atoms with van der Waals surface area (Å²) in [6, 6.07) is 14.6. The van der Waals surface area contributed by atoms with E-state index in [9.17, 15) is 4.79 Å². The minimum absolute atomic E-state index is 0.109. The number of pyridine rings is 2. The molecule has 2 aliphatic rings. The molecule has 0 atom stereocenters. The summed E-state index contributed by atoms with van der Waals surface area (Å²) in [5.74, 6) is 0.109. The van der Waals surface area contributed by atoms with E-state index in [2.05, 4.69) is 49.9 Å². The number of amides is 1. The summed E-state index contributed by atoms with van der Waals surface area (Å²) in [7, 11) is 0. The van der Waals surface area contributed by atoms with Crippen LogP contribution in [0.4, 0.5) is 0 Å². The molecule has 1 saturated heterocycles. The van der Waals surface area contributed by atoms with Gasteiger partial charge in [-0.1, -0.05) is 24.3 Å². The van der Waals surface area contributed by atoms with Crippen LogP contribution in [0.3, 0.4) is 0 Å². The number of carbonyl (C=O) groups excluding carboxylic acids is 1. The summed E-state index contributed by atoms with van der Waals surface area (Å²) < 4.78 is 2.13. The molecule has 0 N–H and O–H groups in total. The topological polar surface area (TPSA) is 67.2 Å². The van der Waals surface area contributed by atoms with Crippen molar-refractivity contribution in [2.24, 2.45) is 0 Å². The monoisotopic (exact) mass is 494 g/mol. The van der Waals surface area contributed by atoms with Crippen LogP contribution in [-0.4, -0.2) is 55.1 Å². The molecule has 3 aromatic heterocycles.